The number of halogens is 1. The van der Waals surface area contributed by atoms with Crippen molar-refractivity contribution in [3.05, 3.63) is 40.9 Å². The molecule has 0 spiro atoms. The van der Waals surface area contributed by atoms with E-state index in [0.717, 1.165) is 42.6 Å². The summed E-state index contributed by atoms with van der Waals surface area (Å²) >= 11 is 0. The molecule has 0 amide bonds. The van der Waals surface area contributed by atoms with E-state index in [1.807, 2.05) is 13.0 Å². The van der Waals surface area contributed by atoms with Gasteiger partial charge < -0.3 is 14.6 Å². The molecule has 1 N–H and O–H groups in total. The average Bonchev–Trinajstić information content (AvgIpc) is 3.30. The Balaban J connectivity index is 1.42. The summed E-state index contributed by atoms with van der Waals surface area (Å²) in [4.78, 5) is 0. The molecule has 2 aromatic rings. The average molecular weight is 356 g/mol. The number of hydrogen-bond acceptors (Lipinski definition) is 4. The molecule has 1 aromatic carbocycles. The van der Waals surface area contributed by atoms with Gasteiger partial charge in [0.2, 0.25) is 0 Å². The minimum absolute atomic E-state index is 0.248. The van der Waals surface area contributed by atoms with Crippen molar-refractivity contribution in [1.29, 1.82) is 0 Å². The van der Waals surface area contributed by atoms with E-state index in [1.165, 1.54) is 18.9 Å². The normalized spacial score (nSPS) is 27.8. The summed E-state index contributed by atoms with van der Waals surface area (Å²) in [7, 11) is 0. The third-order valence-corrected chi connectivity index (χ3v) is 6.12. The molecule has 4 nitrogen and oxygen atoms in total. The van der Waals surface area contributed by atoms with Crippen LogP contribution in [0, 0.1) is 12.7 Å². The number of aromatic nitrogens is 1. The van der Waals surface area contributed by atoms with Gasteiger partial charge in [-0.05, 0) is 57.1 Å². The largest absolute Gasteiger partial charge is 0.373 e. The summed E-state index contributed by atoms with van der Waals surface area (Å²) in [5.74, 6) is 1.08. The van der Waals surface area contributed by atoms with Crippen LogP contribution in [0.3, 0.4) is 0 Å². The second-order valence-electron chi connectivity index (χ2n) is 8.12. The zero-order valence-corrected chi connectivity index (χ0v) is 15.1. The summed E-state index contributed by atoms with van der Waals surface area (Å²) in [5, 5.41) is 7.91. The predicted octanol–water partition coefficient (Wildman–Crippen LogP) is 4.47. The molecule has 3 fully saturated rings. The Morgan fingerprint density at radius 3 is 2.65 bits per heavy atom. The number of ether oxygens (including phenoxy) is 1. The van der Waals surface area contributed by atoms with E-state index in [9.17, 15) is 4.39 Å². The van der Waals surface area contributed by atoms with E-state index in [4.69, 9.17) is 9.26 Å². The van der Waals surface area contributed by atoms with E-state index in [-0.39, 0.29) is 11.9 Å². The van der Waals surface area contributed by atoms with Crippen LogP contribution in [-0.4, -0.2) is 23.3 Å². The maximum atomic E-state index is 14.5. The van der Waals surface area contributed by atoms with Gasteiger partial charge in [0.25, 0.3) is 0 Å². The lowest BCUT2D eigenvalue weighted by atomic mass is 9.99. The Labute approximate surface area is 153 Å². The molecular formula is C21H25FN2O2. The van der Waals surface area contributed by atoms with Crippen molar-refractivity contribution >= 4 is 0 Å². The number of fused-ring (bicyclic) bond motifs is 2. The van der Waals surface area contributed by atoms with Crippen LogP contribution in [0.2, 0.25) is 0 Å². The number of aryl methyl sites for hydroxylation is 1. The monoisotopic (exact) mass is 356 g/mol. The second kappa shape index (κ2) is 6.46. The van der Waals surface area contributed by atoms with Gasteiger partial charge in [-0.25, -0.2) is 4.39 Å². The lowest BCUT2D eigenvalue weighted by molar-refractivity contribution is 0.00875. The first kappa shape index (κ1) is 16.5. The van der Waals surface area contributed by atoms with Crippen molar-refractivity contribution < 1.29 is 13.7 Å². The predicted molar refractivity (Wildman–Crippen MR) is 96.4 cm³/mol. The zero-order valence-electron chi connectivity index (χ0n) is 15.1. The van der Waals surface area contributed by atoms with Crippen molar-refractivity contribution in [2.75, 3.05) is 0 Å². The van der Waals surface area contributed by atoms with Gasteiger partial charge in [0, 0.05) is 29.1 Å². The highest BCUT2D eigenvalue weighted by Gasteiger charge is 2.36. The van der Waals surface area contributed by atoms with E-state index >= 15 is 0 Å². The van der Waals surface area contributed by atoms with Gasteiger partial charge >= 0.3 is 0 Å². The molecule has 3 aliphatic rings. The molecule has 2 aliphatic heterocycles. The van der Waals surface area contributed by atoms with Gasteiger partial charge in [0.1, 0.15) is 17.3 Å². The van der Waals surface area contributed by atoms with E-state index in [0.29, 0.717) is 35.9 Å². The van der Waals surface area contributed by atoms with Gasteiger partial charge in [-0.3, -0.25) is 0 Å². The highest BCUT2D eigenvalue weighted by atomic mass is 19.1. The van der Waals surface area contributed by atoms with Gasteiger partial charge in [0.05, 0.1) is 12.7 Å². The van der Waals surface area contributed by atoms with E-state index in [1.54, 1.807) is 6.07 Å². The third-order valence-electron chi connectivity index (χ3n) is 6.12. The van der Waals surface area contributed by atoms with Gasteiger partial charge in [-0.15, -0.1) is 0 Å². The molecule has 26 heavy (non-hydrogen) atoms. The number of nitrogens with zero attached hydrogens (tertiary/aromatic N) is 1. The van der Waals surface area contributed by atoms with Crippen molar-refractivity contribution in [3.63, 3.8) is 0 Å². The van der Waals surface area contributed by atoms with Crippen molar-refractivity contribution in [3.8, 4) is 11.3 Å². The number of nitrogens with one attached hydrogen (secondary N) is 1. The molecule has 3 heterocycles. The minimum atomic E-state index is -0.248. The van der Waals surface area contributed by atoms with E-state index in [2.05, 4.69) is 10.5 Å². The Morgan fingerprint density at radius 1 is 1.19 bits per heavy atom. The fraction of sp³-hybridized carbons (Fsp3) is 0.571. The number of piperidine rings is 1. The lowest BCUT2D eigenvalue weighted by Gasteiger charge is -2.29. The zero-order chi connectivity index (χ0) is 17.7. The molecule has 1 aromatic heterocycles. The Kier molecular flexibility index (Phi) is 4.09. The summed E-state index contributed by atoms with van der Waals surface area (Å²) < 4.78 is 26.5. The molecule has 5 rings (SSSR count). The van der Waals surface area contributed by atoms with Crippen LogP contribution in [0.15, 0.2) is 22.7 Å². The van der Waals surface area contributed by atoms with Crippen LogP contribution in [0.25, 0.3) is 11.3 Å². The molecule has 2 saturated heterocycles. The minimum Gasteiger partial charge on any atom is -0.373 e. The van der Waals surface area contributed by atoms with Gasteiger partial charge in [0.15, 0.2) is 0 Å². The Morgan fingerprint density at radius 2 is 1.96 bits per heavy atom. The molecule has 2 bridgehead atoms. The van der Waals surface area contributed by atoms with Crippen molar-refractivity contribution in [1.82, 2.24) is 10.5 Å². The van der Waals surface area contributed by atoms with Crippen LogP contribution < -0.4 is 5.32 Å². The second-order valence-corrected chi connectivity index (χ2v) is 8.12. The molecule has 1 aliphatic carbocycles. The standard InChI is InChI=1S/C21H25FN2O2/c1-12-3-2-4-18(22)19(12)20-17(21(26-24-20)13-5-6-13)11-25-16-9-14-7-8-15(10-16)23-14/h2-4,13-16,23H,5-11H2,1H3. The van der Waals surface area contributed by atoms with E-state index < -0.39 is 0 Å². The Hall–Kier alpha value is -1.72. The summed E-state index contributed by atoms with van der Waals surface area (Å²) in [6.45, 7) is 2.38. The van der Waals surface area contributed by atoms with Crippen LogP contribution in [0.5, 0.6) is 0 Å². The lowest BCUT2D eigenvalue weighted by Crippen LogP contribution is -2.41. The third kappa shape index (κ3) is 2.97. The maximum absolute atomic E-state index is 14.5. The number of benzene rings is 1. The fourth-order valence-electron chi connectivity index (χ4n) is 4.60. The van der Waals surface area contributed by atoms with Crippen LogP contribution in [-0.2, 0) is 11.3 Å². The van der Waals surface area contributed by atoms with Crippen molar-refractivity contribution in [2.24, 2.45) is 0 Å². The summed E-state index contributed by atoms with van der Waals surface area (Å²) in [6, 6.07) is 6.33. The molecule has 5 heteroatoms. The summed E-state index contributed by atoms with van der Waals surface area (Å²) in [5.41, 5.74) is 3.00. The number of hydrogen-bond donors (Lipinski definition) is 1. The molecule has 0 radical (unpaired) electrons. The van der Waals surface area contributed by atoms with Gasteiger partial charge in [-0.2, -0.15) is 0 Å². The first-order chi connectivity index (χ1) is 12.7. The quantitative estimate of drug-likeness (QED) is 0.859. The molecular weight excluding hydrogens is 331 g/mol. The maximum Gasteiger partial charge on any atom is 0.145 e. The molecule has 1 saturated carbocycles. The van der Waals surface area contributed by atoms with Crippen LogP contribution in [0.1, 0.15) is 61.3 Å². The SMILES string of the molecule is Cc1cccc(F)c1-c1noc(C2CC2)c1COC1CC2CCC(C1)N2. The van der Waals surface area contributed by atoms with Gasteiger partial charge in [-0.1, -0.05) is 17.3 Å². The Bertz CT molecular complexity index is 782. The number of rotatable bonds is 5. The highest BCUT2D eigenvalue weighted by molar-refractivity contribution is 5.68. The smallest absolute Gasteiger partial charge is 0.145 e. The first-order valence-corrected chi connectivity index (χ1v) is 9.80. The van der Waals surface area contributed by atoms with Crippen LogP contribution >= 0.6 is 0 Å². The fourth-order valence-corrected chi connectivity index (χ4v) is 4.60. The summed E-state index contributed by atoms with van der Waals surface area (Å²) in [6.07, 6.45) is 7.15. The molecule has 2 atom stereocenters. The van der Waals surface area contributed by atoms with Crippen molar-refractivity contribution in [2.45, 2.75) is 76.2 Å². The first-order valence-electron chi connectivity index (χ1n) is 9.80. The topological polar surface area (TPSA) is 47.3 Å². The molecule has 138 valence electrons. The highest BCUT2D eigenvalue weighted by Crippen LogP contribution is 2.45. The molecule has 2 unspecified atom stereocenters. The van der Waals surface area contributed by atoms with Crippen LogP contribution in [0.4, 0.5) is 4.39 Å².